The van der Waals surface area contributed by atoms with Crippen molar-refractivity contribution in [2.24, 2.45) is 0 Å². The molecule has 0 aliphatic rings. The topological polar surface area (TPSA) is 139 Å². The minimum atomic E-state index is -4.12. The van der Waals surface area contributed by atoms with E-state index in [0.29, 0.717) is 25.1 Å². The van der Waals surface area contributed by atoms with Crippen molar-refractivity contribution in [2.45, 2.75) is 38.8 Å². The second-order valence-electron chi connectivity index (χ2n) is 7.32. The maximum Gasteiger partial charge on any atom is 0.333 e. The van der Waals surface area contributed by atoms with E-state index in [4.69, 9.17) is 20.9 Å². The van der Waals surface area contributed by atoms with Crippen molar-refractivity contribution in [1.82, 2.24) is 19.1 Å². The molecule has 0 amide bonds. The Morgan fingerprint density at radius 2 is 1.94 bits per heavy atom. The Balaban J connectivity index is 1.93. The van der Waals surface area contributed by atoms with Crippen LogP contribution in [0.15, 0.2) is 33.9 Å². The van der Waals surface area contributed by atoms with Crippen molar-refractivity contribution in [3.63, 3.8) is 0 Å². The summed E-state index contributed by atoms with van der Waals surface area (Å²) in [5.74, 6) is 3.59. The molecule has 32 heavy (non-hydrogen) atoms. The fraction of sp³-hybridized carbons (Fsp3) is 0.381. The molecule has 1 aromatic carbocycles. The molecule has 3 aromatic rings. The van der Waals surface area contributed by atoms with E-state index in [9.17, 15) is 14.2 Å². The largest absolute Gasteiger partial charge is 0.496 e. The van der Waals surface area contributed by atoms with Crippen LogP contribution >= 0.6 is 7.60 Å². The van der Waals surface area contributed by atoms with Crippen molar-refractivity contribution < 1.29 is 19.1 Å². The van der Waals surface area contributed by atoms with Crippen LogP contribution in [0.25, 0.3) is 11.2 Å². The number of aryl methyl sites for hydroxylation is 3. The summed E-state index contributed by atoms with van der Waals surface area (Å²) in [4.78, 5) is 51.2. The van der Waals surface area contributed by atoms with E-state index >= 15 is 0 Å². The molecule has 0 bridgehead atoms. The number of terminal acetylenes is 1. The van der Waals surface area contributed by atoms with Gasteiger partial charge in [0.15, 0.2) is 5.65 Å². The molecule has 0 radical (unpaired) electrons. The van der Waals surface area contributed by atoms with Gasteiger partial charge >= 0.3 is 13.3 Å². The van der Waals surface area contributed by atoms with E-state index in [-0.39, 0.29) is 36.8 Å². The third-order valence-electron chi connectivity index (χ3n) is 5.06. The molecule has 0 unspecified atom stereocenters. The van der Waals surface area contributed by atoms with Gasteiger partial charge in [-0.05, 0) is 30.9 Å². The summed E-state index contributed by atoms with van der Waals surface area (Å²) in [6.45, 7) is -0.0390. The van der Waals surface area contributed by atoms with Gasteiger partial charge in [-0.25, -0.2) is 14.3 Å². The van der Waals surface area contributed by atoms with E-state index < -0.39 is 18.8 Å². The quantitative estimate of drug-likeness (QED) is 0.235. The van der Waals surface area contributed by atoms with Gasteiger partial charge in [0.05, 0.1) is 13.7 Å². The van der Waals surface area contributed by atoms with Gasteiger partial charge in [-0.3, -0.25) is 13.9 Å². The minimum absolute atomic E-state index is 0.150. The van der Waals surface area contributed by atoms with Crippen LogP contribution in [-0.2, 0) is 30.5 Å². The molecule has 170 valence electrons. The molecule has 0 atom stereocenters. The van der Waals surface area contributed by atoms with Crippen molar-refractivity contribution in [2.75, 3.05) is 13.3 Å². The van der Waals surface area contributed by atoms with Gasteiger partial charge in [0, 0.05) is 19.1 Å². The fourth-order valence-corrected chi connectivity index (χ4v) is 4.15. The highest BCUT2D eigenvalue weighted by atomic mass is 31.2. The predicted octanol–water partition coefficient (Wildman–Crippen LogP) is 1.27. The summed E-state index contributed by atoms with van der Waals surface area (Å²) >= 11 is 0. The lowest BCUT2D eigenvalue weighted by Crippen LogP contribution is -2.40. The van der Waals surface area contributed by atoms with Gasteiger partial charge in [-0.1, -0.05) is 24.1 Å². The number of fused-ring (bicyclic) bond motifs is 1. The van der Waals surface area contributed by atoms with E-state index in [2.05, 4.69) is 15.9 Å². The highest BCUT2D eigenvalue weighted by Crippen LogP contribution is 2.35. The van der Waals surface area contributed by atoms with Gasteiger partial charge in [-0.2, -0.15) is 0 Å². The van der Waals surface area contributed by atoms with Crippen LogP contribution in [0.1, 0.15) is 24.2 Å². The number of benzene rings is 1. The number of hydrogen-bond donors (Lipinski definition) is 3. The molecular formula is C21H25N4O6P. The van der Waals surface area contributed by atoms with E-state index in [1.807, 2.05) is 24.3 Å². The molecule has 2 heterocycles. The van der Waals surface area contributed by atoms with Crippen molar-refractivity contribution in [3.8, 4) is 18.1 Å². The summed E-state index contributed by atoms with van der Waals surface area (Å²) in [5, 5.41) is 0. The molecule has 11 heteroatoms. The summed E-state index contributed by atoms with van der Waals surface area (Å²) in [5.41, 5.74) is 0.212. The van der Waals surface area contributed by atoms with Crippen LogP contribution in [0.3, 0.4) is 0 Å². The first-order valence-corrected chi connectivity index (χ1v) is 11.9. The average Bonchev–Trinajstić information content (AvgIpc) is 3.18. The smallest absolute Gasteiger partial charge is 0.333 e. The van der Waals surface area contributed by atoms with Crippen LogP contribution in [0.5, 0.6) is 5.75 Å². The van der Waals surface area contributed by atoms with Crippen LogP contribution < -0.4 is 16.0 Å². The first kappa shape index (κ1) is 23.5. The first-order chi connectivity index (χ1) is 15.2. The average molecular weight is 460 g/mol. The van der Waals surface area contributed by atoms with E-state index in [1.165, 1.54) is 4.57 Å². The molecular weight excluding hydrogens is 435 g/mol. The van der Waals surface area contributed by atoms with Crippen LogP contribution in [0.4, 0.5) is 0 Å². The van der Waals surface area contributed by atoms with Crippen LogP contribution in [-0.4, -0.2) is 42.2 Å². The Kier molecular flexibility index (Phi) is 7.36. The molecule has 0 fully saturated rings. The summed E-state index contributed by atoms with van der Waals surface area (Å²) in [6, 6.07) is 7.59. The van der Waals surface area contributed by atoms with Crippen molar-refractivity contribution in [1.29, 1.82) is 0 Å². The number of hydrogen-bond acceptors (Lipinski definition) is 5. The zero-order valence-electron chi connectivity index (χ0n) is 17.7. The van der Waals surface area contributed by atoms with Gasteiger partial charge in [0.1, 0.15) is 17.1 Å². The number of nitrogens with one attached hydrogen (secondary N) is 1. The zero-order valence-corrected chi connectivity index (χ0v) is 18.5. The number of nitrogens with zero attached hydrogens (tertiary/aromatic N) is 3. The molecule has 3 N–H and O–H groups in total. The maximum atomic E-state index is 12.9. The molecule has 0 aliphatic carbocycles. The number of unbranched alkanes of at least 4 members (excludes halogenated alkanes) is 1. The highest BCUT2D eigenvalue weighted by molar-refractivity contribution is 7.51. The summed E-state index contributed by atoms with van der Waals surface area (Å²) in [6.07, 6.45) is 6.69. The Hall–Kier alpha value is -3.12. The minimum Gasteiger partial charge on any atom is -0.496 e. The van der Waals surface area contributed by atoms with Gasteiger partial charge in [0.2, 0.25) is 0 Å². The summed E-state index contributed by atoms with van der Waals surface area (Å²) < 4.78 is 18.7. The maximum absolute atomic E-state index is 12.9. The number of ether oxygens (including phenoxy) is 1. The van der Waals surface area contributed by atoms with Crippen LogP contribution in [0.2, 0.25) is 0 Å². The predicted molar refractivity (Wildman–Crippen MR) is 120 cm³/mol. The third kappa shape index (κ3) is 5.37. The molecule has 10 nitrogen and oxygen atoms in total. The number of H-pyrrole nitrogens is 1. The molecule has 0 saturated carbocycles. The Labute approximate surface area is 184 Å². The molecule has 0 aliphatic heterocycles. The van der Waals surface area contributed by atoms with Gasteiger partial charge in [0.25, 0.3) is 5.56 Å². The van der Waals surface area contributed by atoms with Crippen molar-refractivity contribution in [3.05, 3.63) is 56.5 Å². The number of aromatic amines is 1. The Morgan fingerprint density at radius 1 is 1.19 bits per heavy atom. The molecule has 0 saturated heterocycles. The lowest BCUT2D eigenvalue weighted by atomic mass is 10.1. The number of imidazole rings is 1. The first-order valence-electron chi connectivity index (χ1n) is 10.1. The fourth-order valence-electron chi connectivity index (χ4n) is 3.52. The lowest BCUT2D eigenvalue weighted by molar-refractivity contribution is 0.370. The third-order valence-corrected chi connectivity index (χ3v) is 5.96. The Bertz CT molecular complexity index is 1310. The number of rotatable bonds is 10. The summed E-state index contributed by atoms with van der Waals surface area (Å²) in [7, 11) is -2.52. The monoisotopic (exact) mass is 460 g/mol. The molecule has 2 aromatic heterocycles. The van der Waals surface area contributed by atoms with E-state index in [1.54, 1.807) is 7.11 Å². The Morgan fingerprint density at radius 3 is 2.62 bits per heavy atom. The number of para-hydroxylation sites is 1. The van der Waals surface area contributed by atoms with Gasteiger partial charge in [-0.15, -0.1) is 6.42 Å². The van der Waals surface area contributed by atoms with E-state index in [0.717, 1.165) is 15.9 Å². The molecule has 3 rings (SSSR count). The SMILES string of the molecule is C#CCn1c(=O)c2[nH]c(CCc3ccccc3OC)nc2n(CCCCP(=O)(O)O)c1=O. The standard InChI is InChI=1S/C21H25N4O6P/c1-3-12-25-20(26)18-19(24(21(25)27)13-6-7-14-32(28,29)30)23-17(22-18)11-10-15-8-4-5-9-16(15)31-2/h1,4-5,8-9H,6-7,10-14H2,2H3,(H,22,23)(H2,28,29,30). The number of aromatic nitrogens is 4. The van der Waals surface area contributed by atoms with Gasteiger partial charge < -0.3 is 19.5 Å². The van der Waals surface area contributed by atoms with Crippen molar-refractivity contribution >= 4 is 18.8 Å². The normalized spacial score (nSPS) is 11.6. The lowest BCUT2D eigenvalue weighted by Gasteiger charge is -2.10. The highest BCUT2D eigenvalue weighted by Gasteiger charge is 2.18. The van der Waals surface area contributed by atoms with Crippen LogP contribution in [0, 0.1) is 12.3 Å². The second kappa shape index (κ2) is 10.0. The second-order valence-corrected chi connectivity index (χ2v) is 9.10. The zero-order chi connectivity index (χ0) is 23.3. The molecule has 0 spiro atoms. The number of methoxy groups -OCH3 is 1.